The number of carbonyl (C=O) groups excluding carboxylic acids is 1. The largest absolute Gasteiger partial charge is 0.481 e. The topological polar surface area (TPSA) is 57.6 Å². The third-order valence-electron chi connectivity index (χ3n) is 4.08. The summed E-state index contributed by atoms with van der Waals surface area (Å²) in [7, 11) is 0. The number of hydrogen-bond donors (Lipinski definition) is 1. The first-order valence-electron chi connectivity index (χ1n) is 7.28. The molecule has 1 saturated heterocycles. The van der Waals surface area contributed by atoms with Crippen molar-refractivity contribution in [2.45, 2.75) is 45.1 Å². The minimum Gasteiger partial charge on any atom is -0.481 e. The van der Waals surface area contributed by atoms with E-state index in [4.69, 9.17) is 5.11 Å². The summed E-state index contributed by atoms with van der Waals surface area (Å²) in [6.45, 7) is 2.21. The fraction of sp³-hybridized carbons (Fsp3) is 0.500. The van der Waals surface area contributed by atoms with E-state index in [1.165, 1.54) is 12.1 Å². The first-order chi connectivity index (χ1) is 10.0. The summed E-state index contributed by atoms with van der Waals surface area (Å²) in [6.07, 6.45) is 3.22. The van der Waals surface area contributed by atoms with Gasteiger partial charge in [-0.05, 0) is 50.3 Å². The van der Waals surface area contributed by atoms with Crippen LogP contribution in [0.1, 0.15) is 48.0 Å². The molecule has 4 nitrogen and oxygen atoms in total. The Morgan fingerprint density at radius 1 is 1.38 bits per heavy atom. The van der Waals surface area contributed by atoms with Gasteiger partial charge >= 0.3 is 5.97 Å². The Hall–Kier alpha value is -1.91. The van der Waals surface area contributed by atoms with Crippen LogP contribution in [-0.4, -0.2) is 34.5 Å². The number of aliphatic carboxylic acids is 1. The van der Waals surface area contributed by atoms with E-state index in [-0.39, 0.29) is 24.2 Å². The molecule has 21 heavy (non-hydrogen) atoms. The first kappa shape index (κ1) is 15.5. The Labute approximate surface area is 123 Å². The van der Waals surface area contributed by atoms with E-state index in [9.17, 15) is 14.0 Å². The zero-order chi connectivity index (χ0) is 15.4. The molecule has 0 spiro atoms. The molecule has 114 valence electrons. The predicted octanol–water partition coefficient (Wildman–Crippen LogP) is 2.99. The van der Waals surface area contributed by atoms with Crippen LogP contribution in [0.5, 0.6) is 0 Å². The van der Waals surface area contributed by atoms with Crippen LogP contribution >= 0.6 is 0 Å². The fourth-order valence-electron chi connectivity index (χ4n) is 2.85. The molecule has 1 heterocycles. The number of carboxylic acid groups (broad SMARTS) is 1. The third kappa shape index (κ3) is 3.60. The van der Waals surface area contributed by atoms with E-state index >= 15 is 0 Å². The smallest absolute Gasteiger partial charge is 0.303 e. The average molecular weight is 293 g/mol. The number of likely N-dealkylation sites (tertiary alicyclic amines) is 1. The van der Waals surface area contributed by atoms with Gasteiger partial charge in [-0.3, -0.25) is 9.59 Å². The Morgan fingerprint density at radius 2 is 2.14 bits per heavy atom. The molecule has 1 fully saturated rings. The predicted molar refractivity (Wildman–Crippen MR) is 76.7 cm³/mol. The molecule has 0 aliphatic carbocycles. The molecule has 1 N–H and O–H groups in total. The molecule has 2 rings (SSSR count). The van der Waals surface area contributed by atoms with Gasteiger partial charge in [0.1, 0.15) is 5.82 Å². The Bertz CT molecular complexity index is 544. The monoisotopic (exact) mass is 293 g/mol. The second-order valence-corrected chi connectivity index (χ2v) is 5.49. The van der Waals surface area contributed by atoms with Crippen LogP contribution in [0.4, 0.5) is 4.39 Å². The zero-order valence-corrected chi connectivity index (χ0v) is 12.1. The number of nitrogens with zero attached hydrogens (tertiary/aromatic N) is 1. The van der Waals surface area contributed by atoms with Crippen molar-refractivity contribution < 1.29 is 19.1 Å². The molecule has 1 aromatic carbocycles. The van der Waals surface area contributed by atoms with Crippen LogP contribution < -0.4 is 0 Å². The average Bonchev–Trinajstić information content (AvgIpc) is 2.47. The molecule has 0 saturated carbocycles. The molecule has 0 bridgehead atoms. The number of amides is 1. The molecule has 1 aliphatic heterocycles. The minimum atomic E-state index is -0.852. The number of rotatable bonds is 4. The van der Waals surface area contributed by atoms with Crippen LogP contribution in [0, 0.1) is 12.7 Å². The molecule has 1 unspecified atom stereocenters. The van der Waals surface area contributed by atoms with Crippen molar-refractivity contribution >= 4 is 11.9 Å². The quantitative estimate of drug-likeness (QED) is 0.928. The molecule has 5 heteroatoms. The molecule has 1 amide bonds. The highest BCUT2D eigenvalue weighted by Crippen LogP contribution is 2.24. The van der Waals surface area contributed by atoms with Crippen molar-refractivity contribution in [3.63, 3.8) is 0 Å². The Balaban J connectivity index is 2.18. The van der Waals surface area contributed by atoms with Gasteiger partial charge in [0.2, 0.25) is 0 Å². The lowest BCUT2D eigenvalue weighted by Gasteiger charge is -2.36. The van der Waals surface area contributed by atoms with Gasteiger partial charge in [-0.15, -0.1) is 0 Å². The standard InChI is InChI=1S/C16H20FNO3/c1-11-13(6-4-7-14(11)17)16(21)18-10-3-2-5-12(18)8-9-15(19)20/h4,6-7,12H,2-3,5,8-10H2,1H3,(H,19,20). The molecule has 0 radical (unpaired) electrons. The van der Waals surface area contributed by atoms with Gasteiger partial charge in [0.05, 0.1) is 0 Å². The molecule has 1 aliphatic rings. The van der Waals surface area contributed by atoms with E-state index in [1.54, 1.807) is 17.9 Å². The summed E-state index contributed by atoms with van der Waals surface area (Å²) in [6, 6.07) is 4.43. The lowest BCUT2D eigenvalue weighted by atomic mass is 9.96. The zero-order valence-electron chi connectivity index (χ0n) is 12.1. The summed E-state index contributed by atoms with van der Waals surface area (Å²) in [5.74, 6) is -1.43. The van der Waals surface area contributed by atoms with Crippen molar-refractivity contribution in [1.29, 1.82) is 0 Å². The number of carboxylic acids is 1. The SMILES string of the molecule is Cc1c(F)cccc1C(=O)N1CCCCC1CCC(=O)O. The van der Waals surface area contributed by atoms with Crippen molar-refractivity contribution in [2.75, 3.05) is 6.54 Å². The lowest BCUT2D eigenvalue weighted by molar-refractivity contribution is -0.137. The van der Waals surface area contributed by atoms with Crippen LogP contribution in [0.25, 0.3) is 0 Å². The highest BCUT2D eigenvalue weighted by molar-refractivity contribution is 5.96. The number of benzene rings is 1. The Kier molecular flexibility index (Phi) is 4.94. The maximum atomic E-state index is 13.6. The third-order valence-corrected chi connectivity index (χ3v) is 4.08. The fourth-order valence-corrected chi connectivity index (χ4v) is 2.85. The number of hydrogen-bond acceptors (Lipinski definition) is 2. The van der Waals surface area contributed by atoms with Crippen LogP contribution in [0.15, 0.2) is 18.2 Å². The van der Waals surface area contributed by atoms with Crippen molar-refractivity contribution in [3.05, 3.63) is 35.1 Å². The summed E-state index contributed by atoms with van der Waals surface area (Å²) >= 11 is 0. The lowest BCUT2D eigenvalue weighted by Crippen LogP contribution is -2.44. The van der Waals surface area contributed by atoms with Gasteiger partial charge < -0.3 is 10.0 Å². The molecular formula is C16H20FNO3. The van der Waals surface area contributed by atoms with Gasteiger partial charge in [0.25, 0.3) is 5.91 Å². The first-order valence-corrected chi connectivity index (χ1v) is 7.28. The van der Waals surface area contributed by atoms with Gasteiger partial charge in [-0.25, -0.2) is 4.39 Å². The summed E-state index contributed by atoms with van der Waals surface area (Å²) in [4.78, 5) is 25.1. The van der Waals surface area contributed by atoms with Crippen molar-refractivity contribution in [1.82, 2.24) is 4.90 Å². The summed E-state index contributed by atoms with van der Waals surface area (Å²) in [5, 5.41) is 8.81. The van der Waals surface area contributed by atoms with Gasteiger partial charge in [-0.1, -0.05) is 6.07 Å². The normalized spacial score (nSPS) is 18.6. The number of carbonyl (C=O) groups is 2. The van der Waals surface area contributed by atoms with Gasteiger partial charge in [0, 0.05) is 24.6 Å². The van der Waals surface area contributed by atoms with Crippen molar-refractivity contribution in [2.24, 2.45) is 0 Å². The van der Waals surface area contributed by atoms with Gasteiger partial charge in [-0.2, -0.15) is 0 Å². The minimum absolute atomic E-state index is 0.0522. The highest BCUT2D eigenvalue weighted by atomic mass is 19.1. The van der Waals surface area contributed by atoms with Gasteiger partial charge in [0.15, 0.2) is 0 Å². The van der Waals surface area contributed by atoms with E-state index < -0.39 is 5.97 Å². The molecule has 1 aromatic rings. The van der Waals surface area contributed by atoms with Crippen LogP contribution in [-0.2, 0) is 4.79 Å². The van der Waals surface area contributed by atoms with Crippen LogP contribution in [0.2, 0.25) is 0 Å². The maximum absolute atomic E-state index is 13.6. The van der Waals surface area contributed by atoms with Crippen molar-refractivity contribution in [3.8, 4) is 0 Å². The second kappa shape index (κ2) is 6.70. The summed E-state index contributed by atoms with van der Waals surface area (Å²) in [5.41, 5.74) is 0.724. The molecule has 0 aromatic heterocycles. The molecular weight excluding hydrogens is 273 g/mol. The molecule has 1 atom stereocenters. The second-order valence-electron chi connectivity index (χ2n) is 5.49. The van der Waals surface area contributed by atoms with E-state index in [0.717, 1.165) is 19.3 Å². The number of halogens is 1. The van der Waals surface area contributed by atoms with E-state index in [1.807, 2.05) is 0 Å². The van der Waals surface area contributed by atoms with E-state index in [0.29, 0.717) is 24.1 Å². The summed E-state index contributed by atoms with van der Waals surface area (Å²) < 4.78 is 13.6. The van der Waals surface area contributed by atoms with Crippen LogP contribution in [0.3, 0.4) is 0 Å². The van der Waals surface area contributed by atoms with E-state index in [2.05, 4.69) is 0 Å². The Morgan fingerprint density at radius 3 is 2.86 bits per heavy atom. The highest BCUT2D eigenvalue weighted by Gasteiger charge is 2.28. The maximum Gasteiger partial charge on any atom is 0.303 e. The number of piperidine rings is 1.